The maximum atomic E-state index is 12.5. The lowest BCUT2D eigenvalue weighted by atomic mass is 10.1. The largest absolute Gasteiger partial charge is 0.494 e. The van der Waals surface area contributed by atoms with E-state index in [1.165, 1.54) is 12.1 Å². The van der Waals surface area contributed by atoms with Crippen molar-refractivity contribution in [1.82, 2.24) is 29.9 Å². The summed E-state index contributed by atoms with van der Waals surface area (Å²) in [6.45, 7) is 0.964. The highest BCUT2D eigenvalue weighted by Crippen LogP contribution is 2.19. The number of aromatic hydroxyl groups is 1. The van der Waals surface area contributed by atoms with Crippen molar-refractivity contribution < 1.29 is 14.6 Å². The molecule has 0 unspecified atom stereocenters. The molecule has 0 saturated carbocycles. The normalized spacial score (nSPS) is 14.8. The molecule has 2 N–H and O–H groups in total. The first-order valence-electron chi connectivity index (χ1n) is 8.81. The Labute approximate surface area is 159 Å². The van der Waals surface area contributed by atoms with Gasteiger partial charge in [0.15, 0.2) is 11.7 Å². The number of nitrogens with zero attached hydrogens (tertiary/aromatic N) is 5. The third kappa shape index (κ3) is 3.85. The molecule has 10 heteroatoms. The van der Waals surface area contributed by atoms with E-state index in [2.05, 4.69) is 20.3 Å². The summed E-state index contributed by atoms with van der Waals surface area (Å²) in [7, 11) is 0. The van der Waals surface area contributed by atoms with Crippen LogP contribution in [0, 0.1) is 0 Å². The van der Waals surface area contributed by atoms with Crippen LogP contribution in [-0.4, -0.2) is 60.1 Å². The first kappa shape index (κ1) is 17.7. The lowest BCUT2D eigenvalue weighted by molar-refractivity contribution is 0.0585. The van der Waals surface area contributed by atoms with E-state index < -0.39 is 5.56 Å². The molecule has 1 amide bonds. The second-order valence-electron chi connectivity index (χ2n) is 6.41. The van der Waals surface area contributed by atoms with E-state index in [4.69, 9.17) is 4.74 Å². The average Bonchev–Trinajstić information content (AvgIpc) is 3.23. The molecular formula is C18H18N6O4. The van der Waals surface area contributed by atoms with Gasteiger partial charge in [0.2, 0.25) is 5.88 Å². The monoisotopic (exact) mass is 382 g/mol. The predicted octanol–water partition coefficient (Wildman–Crippen LogP) is 0.740. The molecule has 0 aliphatic carbocycles. The zero-order valence-electron chi connectivity index (χ0n) is 14.9. The standard InChI is InChI=1S/C18H18N6O4/c25-15-10-12(11-16(26)20-15)18(27)23-8-4-13(5-9-23)28-17-3-2-14(21-22-17)24-7-1-6-19-24/h1-3,6-7,10-11,13H,4-5,8-9H2,(H2,20,25,26). The summed E-state index contributed by atoms with van der Waals surface area (Å²) >= 11 is 0. The van der Waals surface area contributed by atoms with E-state index in [-0.39, 0.29) is 23.5 Å². The quantitative estimate of drug-likeness (QED) is 0.681. The van der Waals surface area contributed by atoms with Crippen LogP contribution in [-0.2, 0) is 0 Å². The maximum Gasteiger partial charge on any atom is 0.254 e. The van der Waals surface area contributed by atoms with Crippen LogP contribution in [0.25, 0.3) is 5.82 Å². The minimum absolute atomic E-state index is 0.0820. The molecule has 1 fully saturated rings. The zero-order valence-corrected chi connectivity index (χ0v) is 14.9. The summed E-state index contributed by atoms with van der Waals surface area (Å²) in [5.41, 5.74) is -0.348. The van der Waals surface area contributed by atoms with Gasteiger partial charge in [0.1, 0.15) is 6.10 Å². The van der Waals surface area contributed by atoms with Crippen molar-refractivity contribution in [2.45, 2.75) is 18.9 Å². The third-order valence-corrected chi connectivity index (χ3v) is 4.46. The number of likely N-dealkylation sites (tertiary alicyclic amines) is 1. The summed E-state index contributed by atoms with van der Waals surface area (Å²) in [4.78, 5) is 27.8. The minimum atomic E-state index is -0.515. The highest BCUT2D eigenvalue weighted by Gasteiger charge is 2.25. The van der Waals surface area contributed by atoms with Gasteiger partial charge in [-0.2, -0.15) is 5.10 Å². The van der Waals surface area contributed by atoms with E-state index in [0.29, 0.717) is 37.6 Å². The van der Waals surface area contributed by atoms with E-state index >= 15 is 0 Å². The summed E-state index contributed by atoms with van der Waals surface area (Å²) in [5.74, 6) is 0.397. The number of rotatable bonds is 4. The first-order chi connectivity index (χ1) is 13.6. The molecule has 0 atom stereocenters. The van der Waals surface area contributed by atoms with Crippen LogP contribution < -0.4 is 10.3 Å². The Balaban J connectivity index is 1.34. The van der Waals surface area contributed by atoms with E-state index in [1.54, 1.807) is 40.2 Å². The molecule has 3 aromatic heterocycles. The number of hydrogen-bond acceptors (Lipinski definition) is 7. The SMILES string of the molecule is O=C(c1cc(O)[nH]c(=O)c1)N1CCC(Oc2ccc(-n3cccn3)nn2)CC1. The van der Waals surface area contributed by atoms with Gasteiger partial charge in [0.25, 0.3) is 11.5 Å². The second-order valence-corrected chi connectivity index (χ2v) is 6.41. The molecular weight excluding hydrogens is 364 g/mol. The van der Waals surface area contributed by atoms with Crippen molar-refractivity contribution in [1.29, 1.82) is 0 Å². The van der Waals surface area contributed by atoms with Crippen LogP contribution in [0.2, 0.25) is 0 Å². The number of amides is 1. The molecule has 0 bridgehead atoms. The Hall–Kier alpha value is -3.69. The maximum absolute atomic E-state index is 12.5. The first-order valence-corrected chi connectivity index (χ1v) is 8.81. The van der Waals surface area contributed by atoms with Crippen LogP contribution in [0.15, 0.2) is 47.5 Å². The Bertz CT molecular complexity index is 1010. The molecule has 10 nitrogen and oxygen atoms in total. The van der Waals surface area contributed by atoms with Crippen LogP contribution in [0.4, 0.5) is 0 Å². The molecule has 0 spiro atoms. The number of hydrogen-bond donors (Lipinski definition) is 2. The van der Waals surface area contributed by atoms with Crippen LogP contribution in [0.5, 0.6) is 11.8 Å². The molecule has 144 valence electrons. The van der Waals surface area contributed by atoms with Gasteiger partial charge in [-0.25, -0.2) is 4.68 Å². The van der Waals surface area contributed by atoms with Gasteiger partial charge < -0.3 is 14.7 Å². The molecule has 0 aromatic carbocycles. The smallest absolute Gasteiger partial charge is 0.254 e. The molecule has 1 aliphatic rings. The van der Waals surface area contributed by atoms with Crippen molar-refractivity contribution >= 4 is 5.91 Å². The van der Waals surface area contributed by atoms with Crippen molar-refractivity contribution in [3.8, 4) is 17.6 Å². The average molecular weight is 382 g/mol. The highest BCUT2D eigenvalue weighted by molar-refractivity contribution is 5.94. The summed E-state index contributed by atoms with van der Waals surface area (Å²) in [6, 6.07) is 7.74. The molecule has 4 rings (SSSR count). The highest BCUT2D eigenvalue weighted by atomic mass is 16.5. The van der Waals surface area contributed by atoms with Gasteiger partial charge in [-0.1, -0.05) is 0 Å². The summed E-state index contributed by atoms with van der Waals surface area (Å²) < 4.78 is 7.47. The van der Waals surface area contributed by atoms with E-state index in [1.807, 2.05) is 0 Å². The Morgan fingerprint density at radius 3 is 2.68 bits per heavy atom. The van der Waals surface area contributed by atoms with Crippen molar-refractivity contribution in [3.63, 3.8) is 0 Å². The van der Waals surface area contributed by atoms with Crippen molar-refractivity contribution in [3.05, 3.63) is 58.6 Å². The molecule has 1 saturated heterocycles. The van der Waals surface area contributed by atoms with E-state index in [9.17, 15) is 14.7 Å². The van der Waals surface area contributed by atoms with Gasteiger partial charge in [-0.05, 0) is 12.1 Å². The van der Waals surface area contributed by atoms with Crippen LogP contribution in [0.1, 0.15) is 23.2 Å². The Morgan fingerprint density at radius 1 is 1.21 bits per heavy atom. The molecule has 0 radical (unpaired) electrons. The van der Waals surface area contributed by atoms with Gasteiger partial charge in [-0.15, -0.1) is 10.2 Å². The zero-order chi connectivity index (χ0) is 19.5. The number of aromatic nitrogens is 5. The number of pyridine rings is 1. The predicted molar refractivity (Wildman–Crippen MR) is 97.4 cm³/mol. The topological polar surface area (TPSA) is 126 Å². The second kappa shape index (κ2) is 7.51. The number of aromatic amines is 1. The van der Waals surface area contributed by atoms with Crippen LogP contribution in [0.3, 0.4) is 0 Å². The van der Waals surface area contributed by atoms with Crippen LogP contribution >= 0.6 is 0 Å². The Kier molecular flexibility index (Phi) is 4.75. The molecule has 4 heterocycles. The minimum Gasteiger partial charge on any atom is -0.494 e. The van der Waals surface area contributed by atoms with E-state index in [0.717, 1.165) is 0 Å². The fourth-order valence-electron chi connectivity index (χ4n) is 3.08. The number of nitrogens with one attached hydrogen (secondary N) is 1. The fraction of sp³-hybridized carbons (Fsp3) is 0.278. The lowest BCUT2D eigenvalue weighted by Crippen LogP contribution is -2.42. The number of carbonyl (C=O) groups is 1. The molecule has 28 heavy (non-hydrogen) atoms. The van der Waals surface area contributed by atoms with Gasteiger partial charge in [0.05, 0.1) is 5.56 Å². The number of piperidine rings is 1. The van der Waals surface area contributed by atoms with Gasteiger partial charge in [-0.3, -0.25) is 14.6 Å². The summed E-state index contributed by atoms with van der Waals surface area (Å²) in [5, 5.41) is 21.7. The number of H-pyrrole nitrogens is 1. The number of carbonyl (C=O) groups excluding carboxylic acids is 1. The molecule has 1 aliphatic heterocycles. The number of ether oxygens (including phenoxy) is 1. The van der Waals surface area contributed by atoms with Crippen molar-refractivity contribution in [2.24, 2.45) is 0 Å². The Morgan fingerprint density at radius 2 is 2.04 bits per heavy atom. The molecule has 3 aromatic rings. The fourth-order valence-corrected chi connectivity index (χ4v) is 3.08. The summed E-state index contributed by atoms with van der Waals surface area (Å²) in [6.07, 6.45) is 4.61. The lowest BCUT2D eigenvalue weighted by Gasteiger charge is -2.31. The van der Waals surface area contributed by atoms with Gasteiger partial charge in [0, 0.05) is 56.5 Å². The third-order valence-electron chi connectivity index (χ3n) is 4.46. The van der Waals surface area contributed by atoms with Crippen molar-refractivity contribution in [2.75, 3.05) is 13.1 Å². The van der Waals surface area contributed by atoms with Gasteiger partial charge >= 0.3 is 0 Å².